The van der Waals surface area contributed by atoms with Crippen LogP contribution in [0.4, 0.5) is 5.82 Å². The Morgan fingerprint density at radius 3 is 2.28 bits per heavy atom. The van der Waals surface area contributed by atoms with Gasteiger partial charge in [-0.1, -0.05) is 60.7 Å². The molecule has 7 heteroatoms. The SMILES string of the molecule is Cc1ccccc1C1(CC(=O)N2CCN(c3ccccn3)CC2)CC(=O)N(Cc2ccccc2)C1=O. The zero-order chi connectivity index (χ0) is 25.1. The van der Waals surface area contributed by atoms with Gasteiger partial charge >= 0.3 is 0 Å². The summed E-state index contributed by atoms with van der Waals surface area (Å²) in [7, 11) is 0. The van der Waals surface area contributed by atoms with E-state index in [0.717, 1.165) is 22.5 Å². The van der Waals surface area contributed by atoms with E-state index in [1.165, 1.54) is 4.90 Å². The summed E-state index contributed by atoms with van der Waals surface area (Å²) >= 11 is 0. The fourth-order valence-corrected chi connectivity index (χ4v) is 5.38. The van der Waals surface area contributed by atoms with Crippen molar-refractivity contribution in [3.8, 4) is 0 Å². The van der Waals surface area contributed by atoms with Crippen LogP contribution in [0.5, 0.6) is 0 Å². The number of rotatable bonds is 6. The molecule has 184 valence electrons. The molecule has 3 heterocycles. The van der Waals surface area contributed by atoms with Gasteiger partial charge in [-0.3, -0.25) is 19.3 Å². The maximum Gasteiger partial charge on any atom is 0.241 e. The number of nitrogens with zero attached hydrogens (tertiary/aromatic N) is 4. The maximum absolute atomic E-state index is 14.0. The quantitative estimate of drug-likeness (QED) is 0.504. The number of hydrogen-bond donors (Lipinski definition) is 0. The number of carbonyl (C=O) groups excluding carboxylic acids is 3. The summed E-state index contributed by atoms with van der Waals surface area (Å²) in [5.41, 5.74) is 1.37. The molecule has 1 aromatic heterocycles. The standard InChI is InChI=1S/C29H30N4O3/c1-22-9-5-6-12-24(22)29(20-27(35)33(28(29)36)21-23-10-3-2-4-11-23)19-26(34)32-17-15-31(16-18-32)25-13-7-8-14-30-25/h2-14H,15-21H2,1H3. The Hall–Kier alpha value is -4.00. The van der Waals surface area contributed by atoms with Crippen LogP contribution in [0.2, 0.25) is 0 Å². The van der Waals surface area contributed by atoms with Gasteiger partial charge in [0.1, 0.15) is 5.82 Å². The Morgan fingerprint density at radius 1 is 0.889 bits per heavy atom. The molecule has 36 heavy (non-hydrogen) atoms. The molecule has 5 rings (SSSR count). The number of carbonyl (C=O) groups is 3. The molecule has 2 saturated heterocycles. The third-order valence-electron chi connectivity index (χ3n) is 7.31. The monoisotopic (exact) mass is 482 g/mol. The van der Waals surface area contributed by atoms with E-state index < -0.39 is 5.41 Å². The molecular weight excluding hydrogens is 452 g/mol. The maximum atomic E-state index is 14.0. The van der Waals surface area contributed by atoms with E-state index in [4.69, 9.17) is 0 Å². The van der Waals surface area contributed by atoms with Crippen molar-refractivity contribution in [2.24, 2.45) is 0 Å². The molecule has 0 N–H and O–H groups in total. The molecule has 1 unspecified atom stereocenters. The van der Waals surface area contributed by atoms with Crippen LogP contribution in [0.1, 0.15) is 29.5 Å². The van der Waals surface area contributed by atoms with Crippen molar-refractivity contribution >= 4 is 23.5 Å². The molecule has 0 radical (unpaired) electrons. The third kappa shape index (κ3) is 4.49. The highest BCUT2D eigenvalue weighted by atomic mass is 16.2. The lowest BCUT2D eigenvalue weighted by Gasteiger charge is -2.37. The number of anilines is 1. The molecule has 7 nitrogen and oxygen atoms in total. The highest BCUT2D eigenvalue weighted by molar-refractivity contribution is 6.10. The van der Waals surface area contributed by atoms with Crippen molar-refractivity contribution < 1.29 is 14.4 Å². The van der Waals surface area contributed by atoms with Crippen molar-refractivity contribution in [1.82, 2.24) is 14.8 Å². The van der Waals surface area contributed by atoms with Gasteiger partial charge < -0.3 is 9.80 Å². The minimum absolute atomic E-state index is 0.00314. The topological polar surface area (TPSA) is 73.8 Å². The fourth-order valence-electron chi connectivity index (χ4n) is 5.38. The van der Waals surface area contributed by atoms with Crippen LogP contribution in [-0.2, 0) is 26.3 Å². The van der Waals surface area contributed by atoms with E-state index in [9.17, 15) is 14.4 Å². The summed E-state index contributed by atoms with van der Waals surface area (Å²) in [4.78, 5) is 50.5. The normalized spacial score (nSPS) is 20.2. The first-order valence-corrected chi connectivity index (χ1v) is 12.4. The number of imide groups is 1. The second kappa shape index (κ2) is 9.93. The summed E-state index contributed by atoms with van der Waals surface area (Å²) in [5.74, 6) is 0.279. The van der Waals surface area contributed by atoms with Crippen LogP contribution in [0.25, 0.3) is 0 Å². The first-order chi connectivity index (χ1) is 17.5. The van der Waals surface area contributed by atoms with Crippen molar-refractivity contribution in [1.29, 1.82) is 0 Å². The molecule has 2 aromatic carbocycles. The number of amides is 3. The van der Waals surface area contributed by atoms with Gasteiger partial charge in [-0.15, -0.1) is 0 Å². The lowest BCUT2D eigenvalue weighted by Crippen LogP contribution is -2.51. The van der Waals surface area contributed by atoms with Gasteiger partial charge in [-0.25, -0.2) is 4.98 Å². The molecule has 2 aliphatic heterocycles. The average molecular weight is 483 g/mol. The Bertz CT molecular complexity index is 1260. The van der Waals surface area contributed by atoms with E-state index in [-0.39, 0.29) is 37.1 Å². The summed E-state index contributed by atoms with van der Waals surface area (Å²) in [6.07, 6.45) is 1.75. The number of aryl methyl sites for hydroxylation is 1. The van der Waals surface area contributed by atoms with Gasteiger partial charge in [0.15, 0.2) is 0 Å². The molecule has 0 saturated carbocycles. The van der Waals surface area contributed by atoms with Gasteiger partial charge in [-0.05, 0) is 35.7 Å². The Balaban J connectivity index is 1.38. The molecule has 0 spiro atoms. The van der Waals surface area contributed by atoms with Gasteiger partial charge in [0.25, 0.3) is 0 Å². The predicted octanol–water partition coefficient (Wildman–Crippen LogP) is 3.33. The summed E-state index contributed by atoms with van der Waals surface area (Å²) in [6.45, 7) is 4.60. The zero-order valence-electron chi connectivity index (χ0n) is 20.5. The Kier molecular flexibility index (Phi) is 6.55. The number of pyridine rings is 1. The molecule has 1 atom stereocenters. The largest absolute Gasteiger partial charge is 0.353 e. The number of benzene rings is 2. The lowest BCUT2D eigenvalue weighted by molar-refractivity contribution is -0.143. The van der Waals surface area contributed by atoms with Crippen LogP contribution >= 0.6 is 0 Å². The molecular formula is C29H30N4O3. The van der Waals surface area contributed by atoms with Gasteiger partial charge in [0.2, 0.25) is 17.7 Å². The van der Waals surface area contributed by atoms with Gasteiger partial charge in [-0.2, -0.15) is 0 Å². The summed E-state index contributed by atoms with van der Waals surface area (Å²) < 4.78 is 0. The summed E-state index contributed by atoms with van der Waals surface area (Å²) in [5, 5.41) is 0. The smallest absolute Gasteiger partial charge is 0.241 e. The molecule has 3 aromatic rings. The number of likely N-dealkylation sites (tertiary alicyclic amines) is 1. The number of hydrogen-bond acceptors (Lipinski definition) is 5. The molecule has 0 aliphatic carbocycles. The Labute approximate surface area is 211 Å². The van der Waals surface area contributed by atoms with Crippen LogP contribution in [0.15, 0.2) is 79.0 Å². The second-order valence-corrected chi connectivity index (χ2v) is 9.58. The minimum Gasteiger partial charge on any atom is -0.353 e. The highest BCUT2D eigenvalue weighted by Crippen LogP contribution is 2.42. The first-order valence-electron chi connectivity index (χ1n) is 12.4. The second-order valence-electron chi connectivity index (χ2n) is 9.58. The lowest BCUT2D eigenvalue weighted by atomic mass is 9.74. The molecule has 2 aliphatic rings. The Morgan fingerprint density at radius 2 is 1.58 bits per heavy atom. The van der Waals surface area contributed by atoms with Crippen molar-refractivity contribution in [3.05, 3.63) is 95.7 Å². The molecule has 3 amide bonds. The predicted molar refractivity (Wildman–Crippen MR) is 137 cm³/mol. The number of piperazine rings is 1. The molecule has 0 bridgehead atoms. The van der Waals surface area contributed by atoms with Crippen LogP contribution in [0, 0.1) is 6.92 Å². The van der Waals surface area contributed by atoms with Crippen molar-refractivity contribution in [2.45, 2.75) is 31.7 Å². The molecule has 2 fully saturated rings. The first kappa shape index (κ1) is 23.7. The van der Waals surface area contributed by atoms with Gasteiger partial charge in [0.05, 0.1) is 12.0 Å². The van der Waals surface area contributed by atoms with Crippen LogP contribution in [-0.4, -0.2) is 58.7 Å². The van der Waals surface area contributed by atoms with Crippen molar-refractivity contribution in [3.63, 3.8) is 0 Å². The average Bonchev–Trinajstić information content (AvgIpc) is 3.14. The number of aromatic nitrogens is 1. The van der Waals surface area contributed by atoms with E-state index >= 15 is 0 Å². The van der Waals surface area contributed by atoms with E-state index in [2.05, 4.69) is 9.88 Å². The third-order valence-corrected chi connectivity index (χ3v) is 7.31. The van der Waals surface area contributed by atoms with Crippen LogP contribution < -0.4 is 4.90 Å². The van der Waals surface area contributed by atoms with E-state index in [0.29, 0.717) is 26.2 Å². The summed E-state index contributed by atoms with van der Waals surface area (Å²) in [6, 6.07) is 22.9. The van der Waals surface area contributed by atoms with E-state index in [1.54, 1.807) is 6.20 Å². The van der Waals surface area contributed by atoms with Crippen molar-refractivity contribution in [2.75, 3.05) is 31.1 Å². The highest BCUT2D eigenvalue weighted by Gasteiger charge is 2.54. The minimum atomic E-state index is -1.19. The fraction of sp³-hybridized carbons (Fsp3) is 0.310. The van der Waals surface area contributed by atoms with Gasteiger partial charge in [0, 0.05) is 45.2 Å². The van der Waals surface area contributed by atoms with E-state index in [1.807, 2.05) is 84.6 Å². The van der Waals surface area contributed by atoms with Crippen LogP contribution in [0.3, 0.4) is 0 Å². The zero-order valence-corrected chi connectivity index (χ0v) is 20.5.